The van der Waals surface area contributed by atoms with Crippen LogP contribution in [0.1, 0.15) is 9.67 Å². The van der Waals surface area contributed by atoms with Crippen molar-refractivity contribution in [3.63, 3.8) is 0 Å². The zero-order valence-electron chi connectivity index (χ0n) is 12.2. The van der Waals surface area contributed by atoms with E-state index in [4.69, 9.17) is 4.42 Å². The molecule has 0 fully saturated rings. The van der Waals surface area contributed by atoms with E-state index in [9.17, 15) is 4.79 Å². The molecular formula is C16H10N4O2S2. The Kier molecular flexibility index (Phi) is 3.89. The van der Waals surface area contributed by atoms with Gasteiger partial charge in [-0.05, 0) is 12.1 Å². The van der Waals surface area contributed by atoms with Gasteiger partial charge >= 0.3 is 0 Å². The van der Waals surface area contributed by atoms with Crippen molar-refractivity contribution < 1.29 is 9.21 Å². The molecule has 1 aromatic carbocycles. The van der Waals surface area contributed by atoms with E-state index in [0.717, 1.165) is 5.56 Å². The van der Waals surface area contributed by atoms with Crippen molar-refractivity contribution in [2.24, 2.45) is 0 Å². The molecule has 0 radical (unpaired) electrons. The van der Waals surface area contributed by atoms with Gasteiger partial charge in [0.15, 0.2) is 10.8 Å². The van der Waals surface area contributed by atoms with Gasteiger partial charge in [-0.3, -0.25) is 10.1 Å². The third-order valence-electron chi connectivity index (χ3n) is 3.19. The summed E-state index contributed by atoms with van der Waals surface area (Å²) in [4.78, 5) is 17.8. The lowest BCUT2D eigenvalue weighted by Crippen LogP contribution is -2.11. The highest BCUT2D eigenvalue weighted by Gasteiger charge is 2.22. The first-order valence-corrected chi connectivity index (χ1v) is 8.68. The Bertz CT molecular complexity index is 948. The normalized spacial score (nSPS) is 10.7. The Labute approximate surface area is 144 Å². The Morgan fingerprint density at radius 2 is 2.00 bits per heavy atom. The Hall–Kier alpha value is -2.84. The number of furan rings is 1. The van der Waals surface area contributed by atoms with Crippen molar-refractivity contribution in [1.82, 2.24) is 15.2 Å². The molecule has 0 saturated heterocycles. The number of thiazole rings is 1. The van der Waals surface area contributed by atoms with Crippen LogP contribution in [0.25, 0.3) is 22.0 Å². The summed E-state index contributed by atoms with van der Waals surface area (Å²) in [7, 11) is 0. The third-order valence-corrected chi connectivity index (χ3v) is 4.87. The molecule has 6 nitrogen and oxygen atoms in total. The van der Waals surface area contributed by atoms with E-state index in [2.05, 4.69) is 20.5 Å². The summed E-state index contributed by atoms with van der Waals surface area (Å²) < 4.78 is 5.41. The lowest BCUT2D eigenvalue weighted by Gasteiger charge is -2.02. The van der Waals surface area contributed by atoms with Crippen molar-refractivity contribution in [3.8, 4) is 22.0 Å². The maximum absolute atomic E-state index is 12.7. The summed E-state index contributed by atoms with van der Waals surface area (Å²) in [5.74, 6) is 0.369. The summed E-state index contributed by atoms with van der Waals surface area (Å²) >= 11 is 2.55. The summed E-state index contributed by atoms with van der Waals surface area (Å²) in [6, 6.07) is 13.2. The predicted molar refractivity (Wildman–Crippen MR) is 93.1 cm³/mol. The number of anilines is 1. The molecule has 8 heteroatoms. The van der Waals surface area contributed by atoms with Crippen LogP contribution in [-0.2, 0) is 0 Å². The summed E-state index contributed by atoms with van der Waals surface area (Å²) in [5, 5.41) is 11.4. The highest BCUT2D eigenvalue weighted by Crippen LogP contribution is 2.34. The fraction of sp³-hybridized carbons (Fsp3) is 0. The number of nitrogens with zero attached hydrogens (tertiary/aromatic N) is 3. The van der Waals surface area contributed by atoms with Gasteiger partial charge in [0.05, 0.1) is 12.0 Å². The smallest absolute Gasteiger partial charge is 0.269 e. The monoisotopic (exact) mass is 354 g/mol. The first-order valence-electron chi connectivity index (χ1n) is 6.99. The number of hydrogen-bond donors (Lipinski definition) is 1. The SMILES string of the molecule is O=C(Nc1nncs1)c1sc(-c2ccco2)nc1-c1ccccc1. The Morgan fingerprint density at radius 3 is 2.71 bits per heavy atom. The topological polar surface area (TPSA) is 80.9 Å². The maximum Gasteiger partial charge on any atom is 0.269 e. The number of benzene rings is 1. The number of aromatic nitrogens is 3. The third kappa shape index (κ3) is 2.84. The number of carbonyl (C=O) groups is 1. The van der Waals surface area contributed by atoms with Crippen molar-refractivity contribution in [3.05, 3.63) is 59.1 Å². The van der Waals surface area contributed by atoms with Crippen molar-refractivity contribution in [2.75, 3.05) is 5.32 Å². The molecule has 1 N–H and O–H groups in total. The van der Waals surface area contributed by atoms with E-state index in [1.54, 1.807) is 17.8 Å². The van der Waals surface area contributed by atoms with E-state index in [1.165, 1.54) is 22.7 Å². The Morgan fingerprint density at radius 1 is 1.12 bits per heavy atom. The zero-order chi connectivity index (χ0) is 16.4. The highest BCUT2D eigenvalue weighted by molar-refractivity contribution is 7.17. The van der Waals surface area contributed by atoms with Gasteiger partial charge in [-0.25, -0.2) is 4.98 Å². The second-order valence-electron chi connectivity index (χ2n) is 4.74. The lowest BCUT2D eigenvalue weighted by molar-refractivity contribution is 0.103. The van der Waals surface area contributed by atoms with Gasteiger partial charge in [0.25, 0.3) is 5.91 Å². The van der Waals surface area contributed by atoms with Crippen LogP contribution < -0.4 is 5.32 Å². The average molecular weight is 354 g/mol. The van der Waals surface area contributed by atoms with Crippen molar-refractivity contribution in [2.45, 2.75) is 0 Å². The van der Waals surface area contributed by atoms with Gasteiger partial charge in [0.1, 0.15) is 10.4 Å². The predicted octanol–water partition coefficient (Wildman–Crippen LogP) is 4.17. The van der Waals surface area contributed by atoms with Crippen molar-refractivity contribution >= 4 is 33.7 Å². The van der Waals surface area contributed by atoms with E-state index >= 15 is 0 Å². The molecule has 0 aliphatic heterocycles. The van der Waals surface area contributed by atoms with Gasteiger partial charge in [0.2, 0.25) is 5.13 Å². The van der Waals surface area contributed by atoms with E-state index in [-0.39, 0.29) is 5.91 Å². The number of amides is 1. The fourth-order valence-corrected chi connectivity index (χ4v) is 3.54. The summed E-state index contributed by atoms with van der Waals surface area (Å²) in [5.41, 5.74) is 3.05. The van der Waals surface area contributed by atoms with Gasteiger partial charge < -0.3 is 4.42 Å². The second-order valence-corrected chi connectivity index (χ2v) is 6.57. The molecule has 0 aliphatic carbocycles. The van der Waals surface area contributed by atoms with Crippen LogP contribution >= 0.6 is 22.7 Å². The van der Waals surface area contributed by atoms with Crippen molar-refractivity contribution in [1.29, 1.82) is 0 Å². The van der Waals surface area contributed by atoms with Crippen LogP contribution in [0.5, 0.6) is 0 Å². The molecule has 3 heterocycles. The molecule has 0 unspecified atom stereocenters. The van der Waals surface area contributed by atoms with Crippen LogP contribution in [0.3, 0.4) is 0 Å². The maximum atomic E-state index is 12.7. The standard InChI is InChI=1S/C16H10N4O2S2/c21-14(19-16-20-17-9-23-16)13-12(10-5-2-1-3-6-10)18-15(24-13)11-7-4-8-22-11/h1-9H,(H,19,20,21). The number of nitrogens with one attached hydrogen (secondary N) is 1. The van der Waals surface area contributed by atoms with E-state index in [1.807, 2.05) is 36.4 Å². The van der Waals surface area contributed by atoms with Crippen LogP contribution in [-0.4, -0.2) is 21.1 Å². The van der Waals surface area contributed by atoms with E-state index < -0.39 is 0 Å². The minimum absolute atomic E-state index is 0.263. The number of carbonyl (C=O) groups excluding carboxylic acids is 1. The molecule has 0 aliphatic rings. The number of rotatable bonds is 4. The van der Waals surface area contributed by atoms with Crippen LogP contribution in [0.4, 0.5) is 5.13 Å². The van der Waals surface area contributed by atoms with Gasteiger partial charge in [-0.1, -0.05) is 41.7 Å². The largest absolute Gasteiger partial charge is 0.462 e. The van der Waals surface area contributed by atoms with Gasteiger partial charge in [-0.2, -0.15) is 0 Å². The van der Waals surface area contributed by atoms with Gasteiger partial charge in [-0.15, -0.1) is 21.5 Å². The fourth-order valence-electron chi connectivity index (χ4n) is 2.15. The van der Waals surface area contributed by atoms with Crippen LogP contribution in [0, 0.1) is 0 Å². The molecule has 118 valence electrons. The number of hydrogen-bond acceptors (Lipinski definition) is 7. The molecule has 4 rings (SSSR count). The first-order chi connectivity index (χ1) is 11.8. The molecule has 0 saturated carbocycles. The van der Waals surface area contributed by atoms with Crippen LogP contribution in [0.2, 0.25) is 0 Å². The molecule has 3 aromatic heterocycles. The highest BCUT2D eigenvalue weighted by atomic mass is 32.1. The first kappa shape index (κ1) is 14.7. The second kappa shape index (κ2) is 6.34. The molecule has 1 amide bonds. The minimum Gasteiger partial charge on any atom is -0.462 e. The minimum atomic E-state index is -0.263. The molecule has 4 aromatic rings. The summed E-state index contributed by atoms with van der Waals surface area (Å²) in [6.07, 6.45) is 1.58. The molecule has 0 spiro atoms. The molecular weight excluding hydrogens is 344 g/mol. The van der Waals surface area contributed by atoms with Crippen LogP contribution in [0.15, 0.2) is 58.7 Å². The zero-order valence-corrected chi connectivity index (χ0v) is 13.8. The quantitative estimate of drug-likeness (QED) is 0.595. The lowest BCUT2D eigenvalue weighted by atomic mass is 10.1. The van der Waals surface area contributed by atoms with E-state index in [0.29, 0.717) is 26.5 Å². The molecule has 0 atom stereocenters. The summed E-state index contributed by atoms with van der Waals surface area (Å²) in [6.45, 7) is 0. The van der Waals surface area contributed by atoms with Gasteiger partial charge in [0, 0.05) is 5.56 Å². The Balaban J connectivity index is 1.77. The molecule has 24 heavy (non-hydrogen) atoms. The average Bonchev–Trinajstić information content (AvgIpc) is 3.36. The molecule has 0 bridgehead atoms.